The third kappa shape index (κ3) is 3.74. The quantitative estimate of drug-likeness (QED) is 0.466. The monoisotopic (exact) mass is 402 g/mol. The molecule has 3 aromatic carbocycles. The molecule has 0 saturated heterocycles. The van der Waals surface area contributed by atoms with Crippen LogP contribution in [0, 0.1) is 0 Å². The van der Waals surface area contributed by atoms with Crippen LogP contribution in [0.25, 0.3) is 10.8 Å². The molecule has 156 valence electrons. The van der Waals surface area contributed by atoms with Crippen molar-refractivity contribution >= 4 is 22.4 Å². The molecule has 0 radical (unpaired) electrons. The summed E-state index contributed by atoms with van der Waals surface area (Å²) in [5, 5.41) is 5.89. The molecule has 0 saturated carbocycles. The lowest BCUT2D eigenvalue weighted by Gasteiger charge is -2.41. The fourth-order valence-electron chi connectivity index (χ4n) is 4.23. The van der Waals surface area contributed by atoms with Crippen molar-refractivity contribution < 1.29 is 9.53 Å². The molecular weight excluding hydrogens is 372 g/mol. The number of nitrogens with zero attached hydrogens (tertiary/aromatic N) is 1. The van der Waals surface area contributed by atoms with Crippen LogP contribution in [0.4, 0.5) is 5.69 Å². The third-order valence-corrected chi connectivity index (χ3v) is 5.73. The largest absolute Gasteiger partial charge is 0.493 e. The van der Waals surface area contributed by atoms with Crippen molar-refractivity contribution in [2.24, 2.45) is 0 Å². The number of carbonyl (C=O) groups excluding carboxylic acids is 1. The lowest BCUT2D eigenvalue weighted by atomic mass is 9.96. The molecule has 1 aliphatic heterocycles. The molecule has 0 bridgehead atoms. The molecule has 1 heterocycles. The predicted molar refractivity (Wildman–Crippen MR) is 123 cm³/mol. The Morgan fingerprint density at radius 2 is 1.77 bits per heavy atom. The van der Waals surface area contributed by atoms with E-state index in [2.05, 4.69) is 50.4 Å². The van der Waals surface area contributed by atoms with Crippen LogP contribution in [0.5, 0.6) is 5.75 Å². The number of nitrogens with one attached hydrogen (secondary N) is 1. The zero-order chi connectivity index (χ0) is 21.1. The number of unbranched alkanes of at least 4 members (excludes halogenated alkanes) is 2. The number of fused-ring (bicyclic) bond motifs is 2. The minimum atomic E-state index is -0.292. The minimum absolute atomic E-state index is 0.0373. The second-order valence-corrected chi connectivity index (χ2v) is 8.15. The first kappa shape index (κ1) is 20.3. The maximum atomic E-state index is 13.4. The van der Waals surface area contributed by atoms with Crippen LogP contribution in [0.1, 0.15) is 62.1 Å². The predicted octanol–water partition coefficient (Wildman–Crippen LogP) is 6.38. The van der Waals surface area contributed by atoms with E-state index in [0.717, 1.165) is 47.0 Å². The molecule has 1 amide bonds. The summed E-state index contributed by atoms with van der Waals surface area (Å²) in [4.78, 5) is 15.4. The smallest absolute Gasteiger partial charge is 0.258 e. The van der Waals surface area contributed by atoms with Crippen molar-refractivity contribution in [1.29, 1.82) is 0 Å². The molecule has 1 N–H and O–H groups in total. The van der Waals surface area contributed by atoms with Crippen LogP contribution < -0.4 is 10.1 Å². The van der Waals surface area contributed by atoms with E-state index in [1.54, 1.807) is 0 Å². The zero-order valence-corrected chi connectivity index (χ0v) is 18.0. The van der Waals surface area contributed by atoms with E-state index in [4.69, 9.17) is 4.74 Å². The van der Waals surface area contributed by atoms with Crippen molar-refractivity contribution in [2.75, 3.05) is 11.9 Å². The van der Waals surface area contributed by atoms with Crippen LogP contribution in [0.15, 0.2) is 60.7 Å². The average molecular weight is 403 g/mol. The molecular formula is C26H30N2O2. The number of hydrogen-bond acceptors (Lipinski definition) is 3. The maximum Gasteiger partial charge on any atom is 0.258 e. The Kier molecular flexibility index (Phi) is 5.93. The number of para-hydroxylation sites is 1. The highest BCUT2D eigenvalue weighted by molar-refractivity contribution is 6.02. The number of anilines is 1. The maximum absolute atomic E-state index is 13.4. The topological polar surface area (TPSA) is 41.6 Å². The second kappa shape index (κ2) is 8.78. The van der Waals surface area contributed by atoms with Gasteiger partial charge >= 0.3 is 0 Å². The number of benzene rings is 3. The molecule has 0 aromatic heterocycles. The fraction of sp³-hybridized carbons (Fsp3) is 0.346. The van der Waals surface area contributed by atoms with Gasteiger partial charge in [0.15, 0.2) is 0 Å². The van der Waals surface area contributed by atoms with E-state index in [0.29, 0.717) is 12.2 Å². The van der Waals surface area contributed by atoms with Crippen molar-refractivity contribution in [2.45, 2.75) is 52.2 Å². The summed E-state index contributed by atoms with van der Waals surface area (Å²) in [6.07, 6.45) is 3.04. The number of amides is 1. The number of carbonyl (C=O) groups is 1. The lowest BCUT2D eigenvalue weighted by molar-refractivity contribution is 0.0615. The Labute approximate surface area is 178 Å². The summed E-state index contributed by atoms with van der Waals surface area (Å²) in [7, 11) is 0. The van der Waals surface area contributed by atoms with Crippen LogP contribution in [0.3, 0.4) is 0 Å². The van der Waals surface area contributed by atoms with Gasteiger partial charge in [-0.05, 0) is 49.2 Å². The number of hydrogen-bond donors (Lipinski definition) is 1. The molecule has 1 aliphatic rings. The zero-order valence-electron chi connectivity index (χ0n) is 18.0. The van der Waals surface area contributed by atoms with Crippen molar-refractivity contribution in [3.63, 3.8) is 0 Å². The molecule has 30 heavy (non-hydrogen) atoms. The van der Waals surface area contributed by atoms with E-state index in [-0.39, 0.29) is 18.1 Å². The van der Waals surface area contributed by atoms with Crippen molar-refractivity contribution in [1.82, 2.24) is 4.90 Å². The molecule has 3 aromatic rings. The van der Waals surface area contributed by atoms with Gasteiger partial charge in [-0.1, -0.05) is 62.2 Å². The van der Waals surface area contributed by atoms with Gasteiger partial charge in [0.2, 0.25) is 0 Å². The first-order chi connectivity index (χ1) is 14.6. The van der Waals surface area contributed by atoms with Crippen molar-refractivity contribution in [3.8, 4) is 5.75 Å². The minimum Gasteiger partial charge on any atom is -0.493 e. The summed E-state index contributed by atoms with van der Waals surface area (Å²) in [5.74, 6) is 0.898. The summed E-state index contributed by atoms with van der Waals surface area (Å²) >= 11 is 0. The van der Waals surface area contributed by atoms with Gasteiger partial charge in [-0.3, -0.25) is 4.79 Å². The molecule has 4 nitrogen and oxygen atoms in total. The Morgan fingerprint density at radius 1 is 1.00 bits per heavy atom. The molecule has 4 heteroatoms. The van der Waals surface area contributed by atoms with Crippen LogP contribution >= 0.6 is 0 Å². The molecule has 4 rings (SSSR count). The molecule has 0 aliphatic carbocycles. The first-order valence-corrected chi connectivity index (χ1v) is 10.9. The SMILES string of the molecule is CCCCCOc1ccc2ccccc2c1C1Nc2ccccc2C(=O)N1C(C)C. The van der Waals surface area contributed by atoms with Gasteiger partial charge in [-0.25, -0.2) is 0 Å². The Balaban J connectivity index is 1.84. The Morgan fingerprint density at radius 3 is 2.57 bits per heavy atom. The molecule has 0 fully saturated rings. The lowest BCUT2D eigenvalue weighted by Crippen LogP contribution is -2.46. The summed E-state index contributed by atoms with van der Waals surface area (Å²) in [5.41, 5.74) is 2.61. The van der Waals surface area contributed by atoms with Gasteiger partial charge in [0.1, 0.15) is 11.9 Å². The molecule has 1 unspecified atom stereocenters. The molecule has 0 spiro atoms. The molecule has 1 atom stereocenters. The number of ether oxygens (including phenoxy) is 1. The van der Waals surface area contributed by atoms with Gasteiger partial charge in [-0.2, -0.15) is 0 Å². The number of rotatable bonds is 7. The van der Waals surface area contributed by atoms with Gasteiger partial charge in [0.25, 0.3) is 5.91 Å². The highest BCUT2D eigenvalue weighted by atomic mass is 16.5. The van der Waals surface area contributed by atoms with Gasteiger partial charge in [0, 0.05) is 17.3 Å². The highest BCUT2D eigenvalue weighted by Gasteiger charge is 2.36. The van der Waals surface area contributed by atoms with E-state index in [9.17, 15) is 4.79 Å². The van der Waals surface area contributed by atoms with E-state index < -0.39 is 0 Å². The van der Waals surface area contributed by atoms with Crippen LogP contribution in [-0.4, -0.2) is 23.5 Å². The van der Waals surface area contributed by atoms with E-state index >= 15 is 0 Å². The highest BCUT2D eigenvalue weighted by Crippen LogP contribution is 2.41. The Bertz CT molecular complexity index is 1040. The first-order valence-electron chi connectivity index (χ1n) is 10.9. The standard InChI is InChI=1S/C26H30N2O2/c1-4-5-10-17-30-23-16-15-19-11-6-7-12-20(19)24(23)25-27-22-14-9-8-13-21(22)26(29)28(25)18(2)3/h6-9,11-16,18,25,27H,4-5,10,17H2,1-3H3. The van der Waals surface area contributed by atoms with Crippen LogP contribution in [0.2, 0.25) is 0 Å². The van der Waals surface area contributed by atoms with E-state index in [1.807, 2.05) is 41.3 Å². The second-order valence-electron chi connectivity index (χ2n) is 8.15. The van der Waals surface area contributed by atoms with Gasteiger partial charge in [-0.15, -0.1) is 0 Å². The fourth-order valence-corrected chi connectivity index (χ4v) is 4.23. The average Bonchev–Trinajstić information content (AvgIpc) is 2.76. The van der Waals surface area contributed by atoms with Gasteiger partial charge < -0.3 is 15.0 Å². The summed E-state index contributed by atoms with van der Waals surface area (Å²) < 4.78 is 6.27. The summed E-state index contributed by atoms with van der Waals surface area (Å²) in [6.45, 7) is 7.00. The van der Waals surface area contributed by atoms with Crippen LogP contribution in [-0.2, 0) is 0 Å². The summed E-state index contributed by atoms with van der Waals surface area (Å²) in [6, 6.07) is 20.3. The van der Waals surface area contributed by atoms with Gasteiger partial charge in [0.05, 0.1) is 12.2 Å². The normalized spacial score (nSPS) is 15.9. The Hall–Kier alpha value is -3.01. The van der Waals surface area contributed by atoms with Crippen molar-refractivity contribution in [3.05, 3.63) is 71.8 Å². The third-order valence-electron chi connectivity index (χ3n) is 5.73. The van der Waals surface area contributed by atoms with E-state index in [1.165, 1.54) is 0 Å².